The molecule has 0 saturated heterocycles. The molecule has 0 amide bonds. The third-order valence-electron chi connectivity index (χ3n) is 2.53. The quantitative estimate of drug-likeness (QED) is 0.333. The van der Waals surface area contributed by atoms with Gasteiger partial charge >= 0.3 is 0 Å². The molecule has 0 unspecified atom stereocenters. The van der Waals surface area contributed by atoms with Crippen molar-refractivity contribution in [3.8, 4) is 0 Å². The lowest BCUT2D eigenvalue weighted by Gasteiger charge is -2.21. The van der Waals surface area contributed by atoms with Crippen LogP contribution in [-0.4, -0.2) is 51.3 Å². The summed E-state index contributed by atoms with van der Waals surface area (Å²) in [6.45, 7) is 5.29. The molecule has 4 nitrogen and oxygen atoms in total. The molecular formula is C13H24IN3OS. The van der Waals surface area contributed by atoms with Gasteiger partial charge in [-0.15, -0.1) is 35.3 Å². The van der Waals surface area contributed by atoms with Gasteiger partial charge in [0, 0.05) is 32.1 Å². The second kappa shape index (κ2) is 11.5. The summed E-state index contributed by atoms with van der Waals surface area (Å²) in [6.07, 6.45) is 1.06. The van der Waals surface area contributed by atoms with Crippen LogP contribution < -0.4 is 5.32 Å². The van der Waals surface area contributed by atoms with Crippen molar-refractivity contribution in [2.75, 3.05) is 40.4 Å². The van der Waals surface area contributed by atoms with Gasteiger partial charge in [0.2, 0.25) is 0 Å². The highest BCUT2D eigenvalue weighted by Crippen LogP contribution is 2.09. The number of aliphatic imine (C=N–C) groups is 1. The number of thiophene rings is 1. The Kier molecular flexibility index (Phi) is 11.3. The van der Waals surface area contributed by atoms with Crippen molar-refractivity contribution in [2.45, 2.75) is 13.3 Å². The fourth-order valence-electron chi connectivity index (χ4n) is 1.55. The van der Waals surface area contributed by atoms with Gasteiger partial charge in [-0.2, -0.15) is 0 Å². The molecule has 0 aliphatic rings. The van der Waals surface area contributed by atoms with E-state index in [9.17, 15) is 0 Å². The first-order valence-electron chi connectivity index (χ1n) is 6.28. The van der Waals surface area contributed by atoms with Crippen LogP contribution in [0.2, 0.25) is 0 Å². The number of rotatable bonds is 7. The zero-order valence-electron chi connectivity index (χ0n) is 11.9. The van der Waals surface area contributed by atoms with Gasteiger partial charge in [-0.05, 0) is 24.8 Å². The summed E-state index contributed by atoms with van der Waals surface area (Å²) in [4.78, 5) is 8.09. The molecule has 1 aromatic heterocycles. The molecule has 19 heavy (non-hydrogen) atoms. The summed E-state index contributed by atoms with van der Waals surface area (Å²) in [5.41, 5.74) is 0. The van der Waals surface area contributed by atoms with Gasteiger partial charge < -0.3 is 15.0 Å². The molecule has 0 aromatic carbocycles. The number of nitrogens with zero attached hydrogens (tertiary/aromatic N) is 2. The number of halogens is 1. The average Bonchev–Trinajstić information content (AvgIpc) is 2.88. The van der Waals surface area contributed by atoms with Crippen LogP contribution in [0.25, 0.3) is 0 Å². The highest BCUT2D eigenvalue weighted by atomic mass is 127. The SMILES string of the molecule is CCNC(=NCCOC)N(C)CCc1cccs1.I. The minimum Gasteiger partial charge on any atom is -0.383 e. The predicted molar refractivity (Wildman–Crippen MR) is 93.9 cm³/mol. The van der Waals surface area contributed by atoms with Crippen molar-refractivity contribution in [3.05, 3.63) is 22.4 Å². The maximum atomic E-state index is 5.02. The largest absolute Gasteiger partial charge is 0.383 e. The summed E-state index contributed by atoms with van der Waals surface area (Å²) in [5, 5.41) is 5.41. The fraction of sp³-hybridized carbons (Fsp3) is 0.615. The third-order valence-corrected chi connectivity index (χ3v) is 3.46. The monoisotopic (exact) mass is 397 g/mol. The molecule has 0 saturated carbocycles. The Morgan fingerprint density at radius 3 is 2.89 bits per heavy atom. The molecule has 0 bridgehead atoms. The number of hydrogen-bond acceptors (Lipinski definition) is 3. The van der Waals surface area contributed by atoms with Crippen molar-refractivity contribution in [1.82, 2.24) is 10.2 Å². The van der Waals surface area contributed by atoms with E-state index in [1.165, 1.54) is 4.88 Å². The first-order valence-corrected chi connectivity index (χ1v) is 7.16. The van der Waals surface area contributed by atoms with E-state index in [1.807, 2.05) is 0 Å². The molecular weight excluding hydrogens is 373 g/mol. The molecule has 110 valence electrons. The summed E-state index contributed by atoms with van der Waals surface area (Å²) in [7, 11) is 3.77. The number of nitrogens with one attached hydrogen (secondary N) is 1. The lowest BCUT2D eigenvalue weighted by atomic mass is 10.3. The number of hydrogen-bond donors (Lipinski definition) is 1. The van der Waals surface area contributed by atoms with Crippen LogP contribution in [-0.2, 0) is 11.2 Å². The van der Waals surface area contributed by atoms with Crippen LogP contribution in [0.15, 0.2) is 22.5 Å². The minimum absolute atomic E-state index is 0. The first kappa shape index (κ1) is 18.7. The van der Waals surface area contributed by atoms with Crippen LogP contribution in [0, 0.1) is 0 Å². The maximum absolute atomic E-state index is 5.02. The van der Waals surface area contributed by atoms with Crippen molar-refractivity contribution >= 4 is 41.3 Å². The predicted octanol–water partition coefficient (Wildman–Crippen LogP) is 2.45. The van der Waals surface area contributed by atoms with Crippen LogP contribution in [0.4, 0.5) is 0 Å². The summed E-state index contributed by atoms with van der Waals surface area (Å²) < 4.78 is 5.02. The molecule has 0 radical (unpaired) electrons. The van der Waals surface area contributed by atoms with Gasteiger partial charge in [-0.3, -0.25) is 4.99 Å². The minimum atomic E-state index is 0. The number of ether oxygens (including phenoxy) is 1. The van der Waals surface area contributed by atoms with E-state index in [0.29, 0.717) is 13.2 Å². The Morgan fingerprint density at radius 2 is 2.32 bits per heavy atom. The first-order chi connectivity index (χ1) is 8.77. The number of likely N-dealkylation sites (N-methyl/N-ethyl adjacent to an activating group) is 1. The zero-order valence-corrected chi connectivity index (χ0v) is 15.0. The Labute approximate surface area is 137 Å². The number of methoxy groups -OCH3 is 1. The molecule has 6 heteroatoms. The van der Waals surface area contributed by atoms with Crippen LogP contribution in [0.3, 0.4) is 0 Å². The molecule has 0 fully saturated rings. The molecule has 0 aliphatic carbocycles. The molecule has 1 N–H and O–H groups in total. The molecule has 1 rings (SSSR count). The van der Waals surface area contributed by atoms with Gasteiger partial charge in [0.15, 0.2) is 5.96 Å². The van der Waals surface area contributed by atoms with E-state index in [0.717, 1.165) is 25.5 Å². The van der Waals surface area contributed by atoms with Crippen molar-refractivity contribution in [2.24, 2.45) is 4.99 Å². The molecule has 1 heterocycles. The molecule has 0 atom stereocenters. The molecule has 0 aliphatic heterocycles. The Hall–Kier alpha value is -0.340. The smallest absolute Gasteiger partial charge is 0.193 e. The van der Waals surface area contributed by atoms with E-state index in [2.05, 4.69) is 46.7 Å². The topological polar surface area (TPSA) is 36.9 Å². The van der Waals surface area contributed by atoms with Crippen molar-refractivity contribution in [3.63, 3.8) is 0 Å². The van der Waals surface area contributed by atoms with Gasteiger partial charge in [-0.25, -0.2) is 0 Å². The highest BCUT2D eigenvalue weighted by Gasteiger charge is 2.05. The second-order valence-corrected chi connectivity index (χ2v) is 5.01. The van der Waals surface area contributed by atoms with Crippen LogP contribution in [0.5, 0.6) is 0 Å². The standard InChI is InChI=1S/C13H23N3OS.HI/c1-4-14-13(15-8-10-17-3)16(2)9-7-12-6-5-11-18-12;/h5-6,11H,4,7-10H2,1-3H3,(H,14,15);1H. The highest BCUT2D eigenvalue weighted by molar-refractivity contribution is 14.0. The molecule has 0 spiro atoms. The van der Waals surface area contributed by atoms with Gasteiger partial charge in [0.25, 0.3) is 0 Å². The van der Waals surface area contributed by atoms with Gasteiger partial charge in [-0.1, -0.05) is 6.07 Å². The van der Waals surface area contributed by atoms with E-state index < -0.39 is 0 Å². The van der Waals surface area contributed by atoms with E-state index in [-0.39, 0.29) is 24.0 Å². The fourth-order valence-corrected chi connectivity index (χ4v) is 2.25. The zero-order chi connectivity index (χ0) is 13.2. The van der Waals surface area contributed by atoms with Crippen molar-refractivity contribution < 1.29 is 4.74 Å². The summed E-state index contributed by atoms with van der Waals surface area (Å²) in [6, 6.07) is 4.27. The lowest BCUT2D eigenvalue weighted by Crippen LogP contribution is -2.40. The van der Waals surface area contributed by atoms with E-state index >= 15 is 0 Å². The van der Waals surface area contributed by atoms with Gasteiger partial charge in [0.1, 0.15) is 0 Å². The summed E-state index contributed by atoms with van der Waals surface area (Å²) in [5.74, 6) is 0.950. The number of guanidine groups is 1. The average molecular weight is 397 g/mol. The van der Waals surface area contributed by atoms with Crippen LogP contribution >= 0.6 is 35.3 Å². The van der Waals surface area contributed by atoms with E-state index in [1.54, 1.807) is 18.4 Å². The molecule has 1 aromatic rings. The van der Waals surface area contributed by atoms with Gasteiger partial charge in [0.05, 0.1) is 13.2 Å². The Bertz CT molecular complexity index is 344. The Morgan fingerprint density at radius 1 is 1.53 bits per heavy atom. The second-order valence-electron chi connectivity index (χ2n) is 3.98. The van der Waals surface area contributed by atoms with E-state index in [4.69, 9.17) is 4.74 Å². The third kappa shape index (κ3) is 7.74. The maximum Gasteiger partial charge on any atom is 0.193 e. The lowest BCUT2D eigenvalue weighted by molar-refractivity contribution is 0.207. The Balaban J connectivity index is 0.00000324. The van der Waals surface area contributed by atoms with Crippen LogP contribution in [0.1, 0.15) is 11.8 Å². The summed E-state index contributed by atoms with van der Waals surface area (Å²) >= 11 is 1.80. The normalized spacial score (nSPS) is 11.0. The van der Waals surface area contributed by atoms with Crippen molar-refractivity contribution in [1.29, 1.82) is 0 Å².